The van der Waals surface area contributed by atoms with Gasteiger partial charge in [0, 0.05) is 46.3 Å². The van der Waals surface area contributed by atoms with Crippen LogP contribution in [0, 0.1) is 0 Å². The Hall–Kier alpha value is -4.44. The fraction of sp³-hybridized carbons (Fsp3) is 0.407. The van der Waals surface area contributed by atoms with Gasteiger partial charge in [-0.1, -0.05) is 0 Å². The minimum Gasteiger partial charge on any atom is -0.477 e. The smallest absolute Gasteiger partial charge is 0.352 e. The summed E-state index contributed by atoms with van der Waals surface area (Å²) >= 11 is 0. The molecule has 0 saturated carbocycles. The number of carboxylic acids is 1. The topological polar surface area (TPSA) is 170 Å². The predicted molar refractivity (Wildman–Crippen MR) is 154 cm³/mol. The van der Waals surface area contributed by atoms with Crippen molar-refractivity contribution in [1.82, 2.24) is 18.6 Å². The second-order valence-corrected chi connectivity index (χ2v) is 9.67. The van der Waals surface area contributed by atoms with Gasteiger partial charge in [-0.25, -0.2) is 4.79 Å². The molecule has 228 valence electrons. The summed E-state index contributed by atoms with van der Waals surface area (Å²) in [5.41, 5.74) is 1.33. The van der Waals surface area contributed by atoms with Crippen molar-refractivity contribution in [3.8, 4) is 0 Å². The Bertz CT molecular complexity index is 1410. The van der Waals surface area contributed by atoms with Crippen molar-refractivity contribution in [2.75, 3.05) is 57.9 Å². The lowest BCUT2D eigenvalue weighted by Crippen LogP contribution is -2.17. The van der Waals surface area contributed by atoms with Crippen LogP contribution in [-0.2, 0) is 39.2 Å². The van der Waals surface area contributed by atoms with Crippen LogP contribution in [0.4, 0.5) is 17.1 Å². The van der Waals surface area contributed by atoms with Crippen LogP contribution in [0.15, 0.2) is 36.8 Å². The third kappa shape index (κ3) is 8.53. The van der Waals surface area contributed by atoms with Gasteiger partial charge in [-0.05, 0) is 45.3 Å². The molecule has 0 unspecified atom stereocenters. The number of carbonyl (C=O) groups excluding carboxylic acids is 3. The summed E-state index contributed by atoms with van der Waals surface area (Å²) in [6.07, 6.45) is 5.62. The van der Waals surface area contributed by atoms with E-state index >= 15 is 0 Å². The first kappa shape index (κ1) is 32.1. The van der Waals surface area contributed by atoms with Gasteiger partial charge in [-0.2, -0.15) is 0 Å². The number of nitrogens with zero attached hydrogens (tertiary/aromatic N) is 4. The molecule has 0 aliphatic carbocycles. The highest BCUT2D eigenvalue weighted by molar-refractivity contribution is 6.07. The van der Waals surface area contributed by atoms with E-state index in [0.29, 0.717) is 24.2 Å². The van der Waals surface area contributed by atoms with Crippen molar-refractivity contribution in [3.63, 3.8) is 0 Å². The molecule has 15 nitrogen and oxygen atoms in total. The molecular formula is C27H37N7O8. The molecule has 3 aromatic heterocycles. The van der Waals surface area contributed by atoms with Crippen LogP contribution in [0.3, 0.4) is 0 Å². The van der Waals surface area contributed by atoms with E-state index in [1.807, 2.05) is 19.0 Å². The Balaban J connectivity index is 1.77. The van der Waals surface area contributed by atoms with Gasteiger partial charge in [-0.15, -0.1) is 0 Å². The number of amides is 3. The molecule has 3 heterocycles. The number of carbonyl (C=O) groups is 4. The van der Waals surface area contributed by atoms with Gasteiger partial charge in [0.2, 0.25) is 5.91 Å². The Labute approximate surface area is 242 Å². The fourth-order valence-electron chi connectivity index (χ4n) is 4.20. The van der Waals surface area contributed by atoms with Crippen molar-refractivity contribution in [2.24, 2.45) is 0 Å². The van der Waals surface area contributed by atoms with Crippen LogP contribution in [0.2, 0.25) is 0 Å². The minimum atomic E-state index is -1.18. The van der Waals surface area contributed by atoms with Crippen LogP contribution in [0.1, 0.15) is 44.3 Å². The van der Waals surface area contributed by atoms with Crippen LogP contribution >= 0.6 is 0 Å². The van der Waals surface area contributed by atoms with Crippen LogP contribution in [0.5, 0.6) is 0 Å². The monoisotopic (exact) mass is 587 g/mol. The van der Waals surface area contributed by atoms with E-state index in [0.717, 1.165) is 6.54 Å². The molecule has 0 spiro atoms. The molecule has 4 N–H and O–H groups in total. The van der Waals surface area contributed by atoms with Crippen LogP contribution in [-0.4, -0.2) is 89.4 Å². The molecule has 0 aromatic carbocycles. The first-order valence-electron chi connectivity index (χ1n) is 12.9. The molecule has 42 heavy (non-hydrogen) atoms. The highest BCUT2D eigenvalue weighted by Crippen LogP contribution is 2.21. The highest BCUT2D eigenvalue weighted by Gasteiger charge is 2.20. The molecule has 0 aliphatic rings. The van der Waals surface area contributed by atoms with E-state index in [1.54, 1.807) is 16.8 Å². The Morgan fingerprint density at radius 1 is 0.714 bits per heavy atom. The van der Waals surface area contributed by atoms with Gasteiger partial charge in [0.1, 0.15) is 37.3 Å². The number of carboxylic acid groups (broad SMARTS) is 1. The Morgan fingerprint density at radius 3 is 1.52 bits per heavy atom. The average Bonchev–Trinajstić information content (AvgIpc) is 3.62. The van der Waals surface area contributed by atoms with Gasteiger partial charge >= 0.3 is 5.97 Å². The van der Waals surface area contributed by atoms with E-state index in [9.17, 15) is 24.3 Å². The quantitative estimate of drug-likeness (QED) is 0.196. The number of anilines is 3. The van der Waals surface area contributed by atoms with E-state index in [1.165, 1.54) is 55.0 Å². The SMILES string of the molecule is COCn1cc(NC(=O)c2cc(NC(=O)c3cc(NC(=O)CCCN(C)C)cn3COC)cn2COC)cc1C(=O)O. The van der Waals surface area contributed by atoms with E-state index < -0.39 is 17.8 Å². The maximum absolute atomic E-state index is 13.2. The van der Waals surface area contributed by atoms with E-state index in [4.69, 9.17) is 14.2 Å². The zero-order valence-corrected chi connectivity index (χ0v) is 24.3. The highest BCUT2D eigenvalue weighted by atomic mass is 16.5. The van der Waals surface area contributed by atoms with Gasteiger partial charge in [-0.3, -0.25) is 14.4 Å². The normalized spacial score (nSPS) is 11.1. The first-order valence-corrected chi connectivity index (χ1v) is 12.9. The molecule has 0 saturated heterocycles. The van der Waals surface area contributed by atoms with Crippen LogP contribution < -0.4 is 16.0 Å². The number of ether oxygens (including phenoxy) is 3. The molecule has 3 aromatic rings. The summed E-state index contributed by atoms with van der Waals surface area (Å²) in [6, 6.07) is 4.32. The van der Waals surface area contributed by atoms with Gasteiger partial charge in [0.25, 0.3) is 11.8 Å². The number of aromatic carboxylic acids is 1. The number of methoxy groups -OCH3 is 3. The molecule has 0 atom stereocenters. The first-order chi connectivity index (χ1) is 20.1. The lowest BCUT2D eigenvalue weighted by Gasteiger charge is -2.08. The zero-order chi connectivity index (χ0) is 30.8. The van der Waals surface area contributed by atoms with Gasteiger partial charge in [0.15, 0.2) is 0 Å². The molecular weight excluding hydrogens is 550 g/mol. The van der Waals surface area contributed by atoms with Crippen LogP contribution in [0.25, 0.3) is 0 Å². The number of hydrogen-bond donors (Lipinski definition) is 4. The van der Waals surface area contributed by atoms with E-state index in [-0.39, 0.29) is 48.9 Å². The second-order valence-electron chi connectivity index (χ2n) is 9.67. The van der Waals surface area contributed by atoms with Crippen molar-refractivity contribution < 1.29 is 38.5 Å². The average molecular weight is 588 g/mol. The number of hydrogen-bond acceptors (Lipinski definition) is 8. The van der Waals surface area contributed by atoms with Crippen molar-refractivity contribution in [3.05, 3.63) is 53.9 Å². The lowest BCUT2D eigenvalue weighted by molar-refractivity contribution is -0.116. The second kappa shape index (κ2) is 15.0. The van der Waals surface area contributed by atoms with Gasteiger partial charge < -0.3 is 53.9 Å². The maximum Gasteiger partial charge on any atom is 0.352 e. The third-order valence-corrected chi connectivity index (χ3v) is 5.99. The van der Waals surface area contributed by atoms with Crippen molar-refractivity contribution in [2.45, 2.75) is 33.0 Å². The summed E-state index contributed by atoms with van der Waals surface area (Å²) in [5.74, 6) is -2.39. The summed E-state index contributed by atoms with van der Waals surface area (Å²) in [4.78, 5) is 52.3. The molecule has 0 radical (unpaired) electrons. The minimum absolute atomic E-state index is 0.00768. The molecule has 0 aliphatic heterocycles. The van der Waals surface area contributed by atoms with Crippen molar-refractivity contribution >= 4 is 40.8 Å². The van der Waals surface area contributed by atoms with Crippen molar-refractivity contribution in [1.29, 1.82) is 0 Å². The number of rotatable bonds is 16. The zero-order valence-electron chi connectivity index (χ0n) is 24.3. The standard InChI is InChI=1S/C27H37N7O8/c1-31(2)8-6-7-24(35)28-18-9-21(32(12-18)15-40-3)25(36)29-19-10-22(33(13-19)16-41-4)26(37)30-20-11-23(27(38)39)34(14-20)17-42-5/h9-14H,6-8,15-17H2,1-5H3,(H,28,35)(H,29,36)(H,30,37)(H,38,39). The van der Waals surface area contributed by atoms with Gasteiger partial charge in [0.05, 0.1) is 17.1 Å². The predicted octanol–water partition coefficient (Wildman–Crippen LogP) is 2.39. The Morgan fingerprint density at radius 2 is 1.12 bits per heavy atom. The number of aromatic nitrogens is 3. The lowest BCUT2D eigenvalue weighted by atomic mass is 10.3. The summed E-state index contributed by atoms with van der Waals surface area (Å²) in [6.45, 7) is 0.838. The summed E-state index contributed by atoms with van der Waals surface area (Å²) in [5, 5.41) is 17.7. The maximum atomic E-state index is 13.2. The summed E-state index contributed by atoms with van der Waals surface area (Å²) < 4.78 is 19.8. The molecule has 0 fully saturated rings. The molecule has 0 bridgehead atoms. The summed E-state index contributed by atoms with van der Waals surface area (Å²) in [7, 11) is 8.24. The molecule has 3 rings (SSSR count). The molecule has 15 heteroatoms. The van der Waals surface area contributed by atoms with E-state index in [2.05, 4.69) is 16.0 Å². The Kier molecular flexibility index (Phi) is 11.4. The number of nitrogens with one attached hydrogen (secondary N) is 3. The largest absolute Gasteiger partial charge is 0.477 e. The molecule has 3 amide bonds. The third-order valence-electron chi connectivity index (χ3n) is 5.99. The fourth-order valence-corrected chi connectivity index (χ4v) is 4.20.